The molecule has 0 unspecified atom stereocenters. The van der Waals surface area contributed by atoms with Gasteiger partial charge in [0.25, 0.3) is 0 Å². The molecule has 0 aliphatic rings. The SMILES string of the molecule is Cc1cn(C)c(C)c1N=C=O. The van der Waals surface area contributed by atoms with Crippen LogP contribution in [0, 0.1) is 13.8 Å². The third-order valence-corrected chi connectivity index (χ3v) is 1.79. The first-order valence-electron chi connectivity index (χ1n) is 3.37. The summed E-state index contributed by atoms with van der Waals surface area (Å²) in [6.07, 6.45) is 3.48. The molecule has 1 heterocycles. The van der Waals surface area contributed by atoms with Crippen molar-refractivity contribution in [2.24, 2.45) is 12.0 Å². The van der Waals surface area contributed by atoms with E-state index in [2.05, 4.69) is 4.99 Å². The van der Waals surface area contributed by atoms with Crippen LogP contribution >= 0.6 is 0 Å². The molecule has 0 aliphatic carbocycles. The molecule has 1 rings (SSSR count). The van der Waals surface area contributed by atoms with Gasteiger partial charge >= 0.3 is 0 Å². The molecule has 0 spiro atoms. The van der Waals surface area contributed by atoms with E-state index in [1.807, 2.05) is 31.7 Å². The van der Waals surface area contributed by atoms with Crippen molar-refractivity contribution in [2.45, 2.75) is 13.8 Å². The molecule has 0 aromatic carbocycles. The monoisotopic (exact) mass is 150 g/mol. The van der Waals surface area contributed by atoms with E-state index in [9.17, 15) is 4.79 Å². The molecular formula is C8H10N2O. The Bertz CT molecular complexity index is 319. The summed E-state index contributed by atoms with van der Waals surface area (Å²) < 4.78 is 1.94. The number of rotatable bonds is 1. The van der Waals surface area contributed by atoms with Crippen LogP contribution in [0.15, 0.2) is 11.2 Å². The summed E-state index contributed by atoms with van der Waals surface area (Å²) in [5.41, 5.74) is 2.74. The van der Waals surface area contributed by atoms with Crippen molar-refractivity contribution < 1.29 is 4.79 Å². The number of aliphatic imine (C=N–C) groups is 1. The molecule has 0 radical (unpaired) electrons. The fourth-order valence-corrected chi connectivity index (χ4v) is 1.12. The highest BCUT2D eigenvalue weighted by molar-refractivity contribution is 5.56. The van der Waals surface area contributed by atoms with Crippen molar-refractivity contribution in [3.63, 3.8) is 0 Å². The maximum absolute atomic E-state index is 9.99. The normalized spacial score (nSPS) is 9.36. The van der Waals surface area contributed by atoms with Crippen LogP contribution in [0.25, 0.3) is 0 Å². The lowest BCUT2D eigenvalue weighted by atomic mass is 10.3. The summed E-state index contributed by atoms with van der Waals surface area (Å²) in [5, 5.41) is 0. The molecule has 1 aromatic heterocycles. The van der Waals surface area contributed by atoms with Crippen LogP contribution in [-0.2, 0) is 11.8 Å². The minimum atomic E-state index is 0.738. The molecule has 0 amide bonds. The summed E-state index contributed by atoms with van der Waals surface area (Å²) in [6.45, 7) is 3.84. The van der Waals surface area contributed by atoms with Gasteiger partial charge in [0.1, 0.15) is 0 Å². The van der Waals surface area contributed by atoms with E-state index < -0.39 is 0 Å². The van der Waals surface area contributed by atoms with Crippen molar-refractivity contribution in [3.8, 4) is 0 Å². The summed E-state index contributed by atoms with van der Waals surface area (Å²) in [6, 6.07) is 0. The van der Waals surface area contributed by atoms with Gasteiger partial charge in [0.2, 0.25) is 6.08 Å². The van der Waals surface area contributed by atoms with Gasteiger partial charge in [0, 0.05) is 18.9 Å². The standard InChI is InChI=1S/C8H10N2O/c1-6-4-10(3)7(2)8(6)9-5-11/h4H,1-3H3. The highest BCUT2D eigenvalue weighted by Crippen LogP contribution is 2.23. The number of hydrogen-bond acceptors (Lipinski definition) is 2. The molecule has 3 heteroatoms. The van der Waals surface area contributed by atoms with E-state index in [0.29, 0.717) is 0 Å². The van der Waals surface area contributed by atoms with Gasteiger partial charge in [-0.1, -0.05) is 0 Å². The molecule has 0 fully saturated rings. The first-order chi connectivity index (χ1) is 5.16. The summed E-state index contributed by atoms with van der Waals surface area (Å²) in [5.74, 6) is 0. The smallest absolute Gasteiger partial charge is 0.240 e. The molecule has 0 N–H and O–H groups in total. The summed E-state index contributed by atoms with van der Waals surface area (Å²) in [7, 11) is 1.92. The number of nitrogens with zero attached hydrogens (tertiary/aromatic N) is 2. The minimum absolute atomic E-state index is 0.738. The zero-order valence-electron chi connectivity index (χ0n) is 6.88. The first-order valence-corrected chi connectivity index (χ1v) is 3.37. The third kappa shape index (κ3) is 1.23. The van der Waals surface area contributed by atoms with Crippen LogP contribution in [0.2, 0.25) is 0 Å². The number of aryl methyl sites for hydroxylation is 2. The fourth-order valence-electron chi connectivity index (χ4n) is 1.12. The highest BCUT2D eigenvalue weighted by atomic mass is 16.1. The average molecular weight is 150 g/mol. The Hall–Kier alpha value is -1.34. The predicted octanol–water partition coefficient (Wildman–Crippen LogP) is 1.61. The Balaban J connectivity index is 3.33. The van der Waals surface area contributed by atoms with E-state index >= 15 is 0 Å². The predicted molar refractivity (Wildman–Crippen MR) is 42.7 cm³/mol. The Morgan fingerprint density at radius 1 is 1.55 bits per heavy atom. The van der Waals surface area contributed by atoms with E-state index in [4.69, 9.17) is 0 Å². The van der Waals surface area contributed by atoms with Crippen LogP contribution in [-0.4, -0.2) is 10.6 Å². The summed E-state index contributed by atoms with van der Waals surface area (Å²) >= 11 is 0. The van der Waals surface area contributed by atoms with Gasteiger partial charge in [-0.25, -0.2) is 4.79 Å². The lowest BCUT2D eigenvalue weighted by Gasteiger charge is -1.93. The molecule has 0 bridgehead atoms. The van der Waals surface area contributed by atoms with E-state index in [0.717, 1.165) is 16.9 Å². The van der Waals surface area contributed by atoms with Crippen LogP contribution in [0.4, 0.5) is 5.69 Å². The molecular weight excluding hydrogens is 140 g/mol. The maximum atomic E-state index is 9.99. The lowest BCUT2D eigenvalue weighted by molar-refractivity contribution is 0.565. The van der Waals surface area contributed by atoms with Gasteiger partial charge < -0.3 is 4.57 Å². The molecule has 3 nitrogen and oxygen atoms in total. The molecule has 0 aliphatic heterocycles. The van der Waals surface area contributed by atoms with Crippen molar-refractivity contribution in [2.75, 3.05) is 0 Å². The van der Waals surface area contributed by atoms with Crippen LogP contribution in [0.5, 0.6) is 0 Å². The largest absolute Gasteiger partial charge is 0.352 e. The van der Waals surface area contributed by atoms with E-state index in [1.165, 1.54) is 0 Å². The van der Waals surface area contributed by atoms with Crippen molar-refractivity contribution in [3.05, 3.63) is 17.5 Å². The maximum Gasteiger partial charge on any atom is 0.240 e. The number of aromatic nitrogens is 1. The second-order valence-electron chi connectivity index (χ2n) is 2.56. The van der Waals surface area contributed by atoms with Crippen LogP contribution in [0.3, 0.4) is 0 Å². The molecule has 1 aromatic rings. The zero-order chi connectivity index (χ0) is 8.43. The van der Waals surface area contributed by atoms with Crippen LogP contribution < -0.4 is 0 Å². The zero-order valence-corrected chi connectivity index (χ0v) is 6.88. The Kier molecular flexibility index (Phi) is 1.92. The second kappa shape index (κ2) is 2.72. The van der Waals surface area contributed by atoms with Crippen molar-refractivity contribution >= 4 is 11.8 Å². The number of carbonyl (C=O) groups excluding carboxylic acids is 1. The lowest BCUT2D eigenvalue weighted by Crippen LogP contribution is -1.85. The van der Waals surface area contributed by atoms with Crippen molar-refractivity contribution in [1.29, 1.82) is 0 Å². The van der Waals surface area contributed by atoms with Crippen molar-refractivity contribution in [1.82, 2.24) is 4.57 Å². The quantitative estimate of drug-likeness (QED) is 0.442. The van der Waals surface area contributed by atoms with Crippen LogP contribution in [0.1, 0.15) is 11.3 Å². The first kappa shape index (κ1) is 7.76. The Labute approximate surface area is 65.4 Å². The van der Waals surface area contributed by atoms with Gasteiger partial charge in [-0.05, 0) is 19.4 Å². The molecule has 11 heavy (non-hydrogen) atoms. The molecule has 58 valence electrons. The molecule has 0 saturated carbocycles. The van der Waals surface area contributed by atoms with E-state index in [1.54, 1.807) is 6.08 Å². The van der Waals surface area contributed by atoms with Gasteiger partial charge in [0.15, 0.2) is 0 Å². The topological polar surface area (TPSA) is 34.4 Å². The summed E-state index contributed by atoms with van der Waals surface area (Å²) in [4.78, 5) is 13.6. The minimum Gasteiger partial charge on any atom is -0.352 e. The van der Waals surface area contributed by atoms with Gasteiger partial charge in [-0.3, -0.25) is 0 Å². The van der Waals surface area contributed by atoms with Gasteiger partial charge in [-0.15, -0.1) is 0 Å². The second-order valence-corrected chi connectivity index (χ2v) is 2.56. The fraction of sp³-hybridized carbons (Fsp3) is 0.375. The van der Waals surface area contributed by atoms with Gasteiger partial charge in [0.05, 0.1) is 5.69 Å². The Morgan fingerprint density at radius 3 is 2.55 bits per heavy atom. The molecule has 0 atom stereocenters. The Morgan fingerprint density at radius 2 is 2.18 bits per heavy atom. The van der Waals surface area contributed by atoms with Gasteiger partial charge in [-0.2, -0.15) is 4.99 Å². The highest BCUT2D eigenvalue weighted by Gasteiger charge is 2.04. The number of isocyanates is 1. The van der Waals surface area contributed by atoms with E-state index in [-0.39, 0.29) is 0 Å². The average Bonchev–Trinajstić information content (AvgIpc) is 2.17. The molecule has 0 saturated heterocycles. The third-order valence-electron chi connectivity index (χ3n) is 1.79. The number of hydrogen-bond donors (Lipinski definition) is 0.